The molecule has 1 aromatic carbocycles. The number of imidazole rings is 1. The molecule has 0 bridgehead atoms. The van der Waals surface area contributed by atoms with Crippen LogP contribution in [0.4, 0.5) is 11.4 Å². The van der Waals surface area contributed by atoms with Crippen LogP contribution in [0.5, 0.6) is 0 Å². The SMILES string of the molecule is NCCc1cn(Cc2ccc([N+](=O)[O-])cc2[N+](=O)[O-])cn1. The molecular formula is C12H13N5O4. The molecule has 2 N–H and O–H groups in total. The van der Waals surface area contributed by atoms with Gasteiger partial charge in [0.05, 0.1) is 40.0 Å². The standard InChI is InChI=1S/C12H13N5O4/c13-4-3-10-7-15(8-14-10)6-9-1-2-11(16(18)19)5-12(9)17(20)21/h1-2,5,7-8H,3-4,6,13H2. The highest BCUT2D eigenvalue weighted by atomic mass is 16.6. The Morgan fingerprint density at radius 2 is 2.00 bits per heavy atom. The number of nitrogens with two attached hydrogens (primary N) is 1. The van der Waals surface area contributed by atoms with E-state index in [0.717, 1.165) is 11.8 Å². The highest BCUT2D eigenvalue weighted by Crippen LogP contribution is 2.25. The summed E-state index contributed by atoms with van der Waals surface area (Å²) in [6.45, 7) is 0.681. The van der Waals surface area contributed by atoms with Crippen molar-refractivity contribution in [2.24, 2.45) is 5.73 Å². The van der Waals surface area contributed by atoms with E-state index in [0.29, 0.717) is 18.5 Å². The first-order valence-corrected chi connectivity index (χ1v) is 6.13. The number of nitro benzene ring substituents is 2. The van der Waals surface area contributed by atoms with Crippen molar-refractivity contribution in [3.05, 3.63) is 62.2 Å². The van der Waals surface area contributed by atoms with Gasteiger partial charge in [0.25, 0.3) is 11.4 Å². The molecule has 1 heterocycles. The largest absolute Gasteiger partial charge is 0.333 e. The maximum absolute atomic E-state index is 11.0. The first-order valence-electron chi connectivity index (χ1n) is 6.13. The third-order valence-corrected chi connectivity index (χ3v) is 2.92. The summed E-state index contributed by atoms with van der Waals surface area (Å²) >= 11 is 0. The number of hydrogen-bond donors (Lipinski definition) is 1. The fraction of sp³-hybridized carbons (Fsp3) is 0.250. The van der Waals surface area contributed by atoms with Gasteiger partial charge >= 0.3 is 0 Å². The first-order chi connectivity index (χ1) is 10.0. The third kappa shape index (κ3) is 3.39. The van der Waals surface area contributed by atoms with Gasteiger partial charge in [0.1, 0.15) is 0 Å². The second-order valence-corrected chi connectivity index (χ2v) is 4.40. The van der Waals surface area contributed by atoms with Crippen LogP contribution in [-0.2, 0) is 13.0 Å². The summed E-state index contributed by atoms with van der Waals surface area (Å²) in [5, 5.41) is 21.7. The molecule has 0 saturated carbocycles. The molecule has 2 aromatic rings. The molecule has 0 fully saturated rings. The van der Waals surface area contributed by atoms with Crippen molar-refractivity contribution in [3.8, 4) is 0 Å². The molecular weight excluding hydrogens is 278 g/mol. The number of nitro groups is 2. The maximum Gasteiger partial charge on any atom is 0.281 e. The lowest BCUT2D eigenvalue weighted by Gasteiger charge is -2.04. The Balaban J connectivity index is 2.29. The summed E-state index contributed by atoms with van der Waals surface area (Å²) in [5.41, 5.74) is 6.01. The molecule has 1 aromatic heterocycles. The number of non-ortho nitro benzene ring substituents is 1. The second kappa shape index (κ2) is 6.09. The summed E-state index contributed by atoms with van der Waals surface area (Å²) in [7, 11) is 0. The summed E-state index contributed by atoms with van der Waals surface area (Å²) in [6, 6.07) is 3.60. The van der Waals surface area contributed by atoms with Gasteiger partial charge in [-0.1, -0.05) is 0 Å². The van der Waals surface area contributed by atoms with Gasteiger partial charge in [-0.2, -0.15) is 0 Å². The van der Waals surface area contributed by atoms with Crippen LogP contribution in [0.2, 0.25) is 0 Å². The summed E-state index contributed by atoms with van der Waals surface area (Å²) < 4.78 is 1.68. The van der Waals surface area contributed by atoms with E-state index in [1.165, 1.54) is 12.1 Å². The van der Waals surface area contributed by atoms with Gasteiger partial charge in [-0.15, -0.1) is 0 Å². The number of rotatable bonds is 6. The minimum absolute atomic E-state index is 0.214. The van der Waals surface area contributed by atoms with E-state index >= 15 is 0 Å². The summed E-state index contributed by atoms with van der Waals surface area (Å²) in [5.74, 6) is 0. The average Bonchev–Trinajstić information content (AvgIpc) is 2.86. The molecule has 0 saturated heterocycles. The topological polar surface area (TPSA) is 130 Å². The maximum atomic E-state index is 11.0. The molecule has 110 valence electrons. The van der Waals surface area contributed by atoms with Crippen molar-refractivity contribution in [1.82, 2.24) is 9.55 Å². The van der Waals surface area contributed by atoms with Crippen LogP contribution in [0.1, 0.15) is 11.3 Å². The molecule has 0 aliphatic carbocycles. The van der Waals surface area contributed by atoms with E-state index in [1.54, 1.807) is 17.1 Å². The van der Waals surface area contributed by atoms with Gasteiger partial charge in [0, 0.05) is 18.7 Å². The normalized spacial score (nSPS) is 10.5. The average molecular weight is 291 g/mol. The Labute approximate surface area is 119 Å². The number of hydrogen-bond acceptors (Lipinski definition) is 6. The highest BCUT2D eigenvalue weighted by Gasteiger charge is 2.19. The highest BCUT2D eigenvalue weighted by molar-refractivity contribution is 5.49. The Kier molecular flexibility index (Phi) is 4.24. The fourth-order valence-corrected chi connectivity index (χ4v) is 1.94. The monoisotopic (exact) mass is 291 g/mol. The van der Waals surface area contributed by atoms with E-state index in [4.69, 9.17) is 5.73 Å². The van der Waals surface area contributed by atoms with Crippen molar-refractivity contribution in [3.63, 3.8) is 0 Å². The van der Waals surface area contributed by atoms with E-state index < -0.39 is 9.85 Å². The van der Waals surface area contributed by atoms with Crippen LogP contribution in [-0.4, -0.2) is 25.9 Å². The Bertz CT molecular complexity index is 682. The molecule has 21 heavy (non-hydrogen) atoms. The Hall–Kier alpha value is -2.81. The summed E-state index contributed by atoms with van der Waals surface area (Å²) in [4.78, 5) is 24.6. The lowest BCUT2D eigenvalue weighted by molar-refractivity contribution is -0.394. The number of nitrogens with zero attached hydrogens (tertiary/aromatic N) is 4. The number of benzene rings is 1. The van der Waals surface area contributed by atoms with E-state index in [2.05, 4.69) is 4.98 Å². The van der Waals surface area contributed by atoms with Crippen LogP contribution >= 0.6 is 0 Å². The predicted octanol–water partition coefficient (Wildman–Crippen LogP) is 1.25. The van der Waals surface area contributed by atoms with Crippen molar-refractivity contribution in [1.29, 1.82) is 0 Å². The van der Waals surface area contributed by atoms with Gasteiger partial charge in [0.2, 0.25) is 0 Å². The second-order valence-electron chi connectivity index (χ2n) is 4.40. The fourth-order valence-electron chi connectivity index (χ4n) is 1.94. The van der Waals surface area contributed by atoms with Crippen molar-refractivity contribution >= 4 is 11.4 Å². The molecule has 0 aliphatic rings. The zero-order valence-corrected chi connectivity index (χ0v) is 11.0. The van der Waals surface area contributed by atoms with Crippen LogP contribution in [0.15, 0.2) is 30.7 Å². The molecule has 2 rings (SSSR count). The van der Waals surface area contributed by atoms with Gasteiger partial charge in [-0.25, -0.2) is 4.98 Å². The molecule has 0 amide bonds. The van der Waals surface area contributed by atoms with E-state index in [-0.39, 0.29) is 17.9 Å². The van der Waals surface area contributed by atoms with E-state index in [1.807, 2.05) is 0 Å². The Morgan fingerprint density at radius 3 is 2.62 bits per heavy atom. The van der Waals surface area contributed by atoms with Crippen molar-refractivity contribution in [2.75, 3.05) is 6.54 Å². The molecule has 9 heteroatoms. The van der Waals surface area contributed by atoms with Crippen molar-refractivity contribution in [2.45, 2.75) is 13.0 Å². The quantitative estimate of drug-likeness (QED) is 0.629. The molecule has 0 spiro atoms. The molecule has 0 radical (unpaired) electrons. The zero-order chi connectivity index (χ0) is 15.4. The van der Waals surface area contributed by atoms with Crippen LogP contribution in [0.3, 0.4) is 0 Å². The molecule has 0 aliphatic heterocycles. The van der Waals surface area contributed by atoms with Gasteiger partial charge in [0.15, 0.2) is 0 Å². The lowest BCUT2D eigenvalue weighted by Crippen LogP contribution is -2.04. The van der Waals surface area contributed by atoms with Crippen LogP contribution in [0.25, 0.3) is 0 Å². The van der Waals surface area contributed by atoms with E-state index in [9.17, 15) is 20.2 Å². The summed E-state index contributed by atoms with van der Waals surface area (Å²) in [6.07, 6.45) is 3.92. The minimum Gasteiger partial charge on any atom is -0.333 e. The Morgan fingerprint density at radius 1 is 1.24 bits per heavy atom. The van der Waals surface area contributed by atoms with Crippen molar-refractivity contribution < 1.29 is 9.85 Å². The van der Waals surface area contributed by atoms with Crippen LogP contribution in [0, 0.1) is 20.2 Å². The van der Waals surface area contributed by atoms with Gasteiger partial charge < -0.3 is 10.3 Å². The lowest BCUT2D eigenvalue weighted by atomic mass is 10.1. The smallest absolute Gasteiger partial charge is 0.281 e. The molecule has 0 unspecified atom stereocenters. The minimum atomic E-state index is -0.659. The van der Waals surface area contributed by atoms with Gasteiger partial charge in [-0.05, 0) is 12.6 Å². The zero-order valence-electron chi connectivity index (χ0n) is 11.0. The molecule has 0 atom stereocenters. The predicted molar refractivity (Wildman–Crippen MR) is 73.8 cm³/mol. The third-order valence-electron chi connectivity index (χ3n) is 2.92. The van der Waals surface area contributed by atoms with Gasteiger partial charge in [-0.3, -0.25) is 20.2 Å². The first kappa shape index (κ1) is 14.6. The van der Waals surface area contributed by atoms with Crippen LogP contribution < -0.4 is 5.73 Å². The molecule has 9 nitrogen and oxygen atoms in total. The number of aromatic nitrogens is 2.